The summed E-state index contributed by atoms with van der Waals surface area (Å²) >= 11 is 0. The van der Waals surface area contributed by atoms with Crippen molar-refractivity contribution in [3.05, 3.63) is 11.9 Å². The van der Waals surface area contributed by atoms with Crippen LogP contribution in [0.3, 0.4) is 0 Å². The zero-order valence-electron chi connectivity index (χ0n) is 11.1. The molecule has 104 valence electrons. The Morgan fingerprint density at radius 3 is 2.63 bits per heavy atom. The van der Waals surface area contributed by atoms with Gasteiger partial charge >= 0.3 is 0 Å². The molecule has 0 saturated carbocycles. The van der Waals surface area contributed by atoms with E-state index in [2.05, 4.69) is 20.6 Å². The van der Waals surface area contributed by atoms with Gasteiger partial charge in [-0.05, 0) is 12.8 Å². The molecule has 0 aliphatic carbocycles. The first-order valence-corrected chi connectivity index (χ1v) is 6.19. The first kappa shape index (κ1) is 13.5. The molecule has 1 unspecified atom stereocenters. The van der Waals surface area contributed by atoms with Crippen LogP contribution < -0.4 is 20.1 Å². The molecule has 0 aromatic carbocycles. The zero-order valence-corrected chi connectivity index (χ0v) is 11.1. The van der Waals surface area contributed by atoms with E-state index in [-0.39, 0.29) is 11.9 Å². The highest BCUT2D eigenvalue weighted by Gasteiger charge is 2.22. The second-order valence-electron chi connectivity index (χ2n) is 4.24. The molecule has 1 aromatic heterocycles. The summed E-state index contributed by atoms with van der Waals surface area (Å²) in [5, 5.41) is 6.02. The van der Waals surface area contributed by atoms with E-state index in [1.807, 2.05) is 0 Å². The number of aromatic nitrogens is 2. The fraction of sp³-hybridized carbons (Fsp3) is 0.583. The van der Waals surface area contributed by atoms with E-state index in [9.17, 15) is 4.79 Å². The molecule has 2 N–H and O–H groups in total. The van der Waals surface area contributed by atoms with E-state index in [1.165, 1.54) is 6.33 Å². The van der Waals surface area contributed by atoms with Crippen LogP contribution in [0.2, 0.25) is 0 Å². The molecule has 2 heterocycles. The number of carbonyl (C=O) groups excluding carboxylic acids is 1. The van der Waals surface area contributed by atoms with Gasteiger partial charge in [0.25, 0.3) is 0 Å². The van der Waals surface area contributed by atoms with Crippen LogP contribution in [-0.4, -0.2) is 42.7 Å². The predicted molar refractivity (Wildman–Crippen MR) is 68.0 cm³/mol. The molecule has 19 heavy (non-hydrogen) atoms. The van der Waals surface area contributed by atoms with Gasteiger partial charge in [0.2, 0.25) is 17.7 Å². The molecular formula is C12H18N4O3. The highest BCUT2D eigenvalue weighted by molar-refractivity contribution is 5.82. The topological polar surface area (TPSA) is 85.4 Å². The second kappa shape index (κ2) is 6.33. The maximum Gasteiger partial charge on any atom is 0.237 e. The van der Waals surface area contributed by atoms with Crippen LogP contribution in [0.15, 0.2) is 6.33 Å². The number of ether oxygens (including phenoxy) is 2. The van der Waals surface area contributed by atoms with Crippen molar-refractivity contribution in [2.75, 3.05) is 20.8 Å². The van der Waals surface area contributed by atoms with Crippen LogP contribution in [0.4, 0.5) is 0 Å². The van der Waals surface area contributed by atoms with Gasteiger partial charge in [0, 0.05) is 13.1 Å². The third kappa shape index (κ3) is 3.11. The van der Waals surface area contributed by atoms with Crippen molar-refractivity contribution in [2.24, 2.45) is 0 Å². The summed E-state index contributed by atoms with van der Waals surface area (Å²) in [4.78, 5) is 19.7. The summed E-state index contributed by atoms with van der Waals surface area (Å²) in [6.45, 7) is 1.17. The van der Waals surface area contributed by atoms with E-state index < -0.39 is 0 Å². The first-order valence-electron chi connectivity index (χ1n) is 6.19. The Morgan fingerprint density at radius 1 is 1.37 bits per heavy atom. The highest BCUT2D eigenvalue weighted by Crippen LogP contribution is 2.23. The molecule has 0 bridgehead atoms. The van der Waals surface area contributed by atoms with Crippen molar-refractivity contribution in [2.45, 2.75) is 25.4 Å². The molecule has 7 heteroatoms. The van der Waals surface area contributed by atoms with Crippen molar-refractivity contribution in [3.8, 4) is 11.8 Å². The van der Waals surface area contributed by atoms with Gasteiger partial charge in [-0.3, -0.25) is 4.79 Å². The van der Waals surface area contributed by atoms with E-state index in [0.29, 0.717) is 23.9 Å². The third-order valence-electron chi connectivity index (χ3n) is 3.06. The van der Waals surface area contributed by atoms with Gasteiger partial charge in [0.05, 0.1) is 25.8 Å². The number of nitrogens with zero attached hydrogens (tertiary/aromatic N) is 2. The lowest BCUT2D eigenvalue weighted by molar-refractivity contribution is -0.124. The van der Waals surface area contributed by atoms with E-state index in [0.717, 1.165) is 19.4 Å². The number of piperidine rings is 1. The predicted octanol–water partition coefficient (Wildman–Crippen LogP) is -0.138. The molecule has 0 radical (unpaired) electrons. The summed E-state index contributed by atoms with van der Waals surface area (Å²) in [5.74, 6) is 0.937. The zero-order chi connectivity index (χ0) is 13.7. The van der Waals surface area contributed by atoms with E-state index >= 15 is 0 Å². The Bertz CT molecular complexity index is 430. The molecule has 1 fully saturated rings. The molecule has 1 saturated heterocycles. The number of methoxy groups -OCH3 is 2. The fourth-order valence-electron chi connectivity index (χ4n) is 2.08. The van der Waals surface area contributed by atoms with Gasteiger partial charge in [-0.1, -0.05) is 0 Å². The smallest absolute Gasteiger partial charge is 0.237 e. The molecule has 1 amide bonds. The fourth-order valence-corrected chi connectivity index (χ4v) is 2.08. The third-order valence-corrected chi connectivity index (χ3v) is 3.06. The lowest BCUT2D eigenvalue weighted by Gasteiger charge is -2.23. The number of carbonyl (C=O) groups is 1. The Kier molecular flexibility index (Phi) is 4.51. The lowest BCUT2D eigenvalue weighted by atomic mass is 10.1. The average molecular weight is 266 g/mol. The Hall–Kier alpha value is -1.89. The SMILES string of the molecule is COc1ncnc(OC)c1CNC1CCCNC1=O. The Balaban J connectivity index is 2.07. The van der Waals surface area contributed by atoms with Gasteiger partial charge < -0.3 is 20.1 Å². The summed E-state index contributed by atoms with van der Waals surface area (Å²) in [6, 6.07) is -0.191. The second-order valence-corrected chi connectivity index (χ2v) is 4.24. The maximum absolute atomic E-state index is 11.7. The molecule has 1 aliphatic rings. The summed E-state index contributed by atoms with van der Waals surface area (Å²) in [6.07, 6.45) is 3.18. The van der Waals surface area contributed by atoms with Crippen molar-refractivity contribution in [1.82, 2.24) is 20.6 Å². The lowest BCUT2D eigenvalue weighted by Crippen LogP contribution is -2.48. The number of hydrogen-bond donors (Lipinski definition) is 2. The minimum Gasteiger partial charge on any atom is -0.481 e. The molecule has 1 atom stereocenters. The van der Waals surface area contributed by atoms with Crippen LogP contribution >= 0.6 is 0 Å². The molecule has 0 spiro atoms. The molecule has 1 aliphatic heterocycles. The number of amides is 1. The first-order chi connectivity index (χ1) is 9.26. The van der Waals surface area contributed by atoms with Crippen LogP contribution in [0.5, 0.6) is 11.8 Å². The molecular weight excluding hydrogens is 248 g/mol. The van der Waals surface area contributed by atoms with E-state index in [4.69, 9.17) is 9.47 Å². The normalized spacial score (nSPS) is 18.8. The number of nitrogens with one attached hydrogen (secondary N) is 2. The quantitative estimate of drug-likeness (QED) is 0.771. The number of hydrogen-bond acceptors (Lipinski definition) is 6. The minimum absolute atomic E-state index is 0.0287. The summed E-state index contributed by atoms with van der Waals surface area (Å²) in [7, 11) is 3.08. The average Bonchev–Trinajstić information content (AvgIpc) is 2.46. The van der Waals surface area contributed by atoms with Gasteiger partial charge in [-0.25, -0.2) is 9.97 Å². The summed E-state index contributed by atoms with van der Waals surface area (Å²) in [5.41, 5.74) is 0.714. The van der Waals surface area contributed by atoms with Crippen molar-refractivity contribution in [3.63, 3.8) is 0 Å². The minimum atomic E-state index is -0.191. The van der Waals surface area contributed by atoms with Crippen molar-refractivity contribution >= 4 is 5.91 Å². The van der Waals surface area contributed by atoms with Crippen LogP contribution in [-0.2, 0) is 11.3 Å². The van der Waals surface area contributed by atoms with Gasteiger partial charge in [-0.15, -0.1) is 0 Å². The molecule has 2 rings (SSSR count). The van der Waals surface area contributed by atoms with Gasteiger partial charge in [0.1, 0.15) is 6.33 Å². The van der Waals surface area contributed by atoms with Crippen LogP contribution in [0, 0.1) is 0 Å². The van der Waals surface area contributed by atoms with Crippen molar-refractivity contribution < 1.29 is 14.3 Å². The largest absolute Gasteiger partial charge is 0.481 e. The molecule has 1 aromatic rings. The Morgan fingerprint density at radius 2 is 2.05 bits per heavy atom. The number of rotatable bonds is 5. The van der Waals surface area contributed by atoms with Gasteiger partial charge in [0.15, 0.2) is 0 Å². The monoisotopic (exact) mass is 266 g/mol. The van der Waals surface area contributed by atoms with Gasteiger partial charge in [-0.2, -0.15) is 0 Å². The molecule has 7 nitrogen and oxygen atoms in total. The standard InChI is InChI=1S/C12H18N4O3/c1-18-11-8(12(19-2)16-7-15-11)6-14-9-4-3-5-13-10(9)17/h7,9,14H,3-6H2,1-2H3,(H,13,17). The van der Waals surface area contributed by atoms with Crippen molar-refractivity contribution in [1.29, 1.82) is 0 Å². The highest BCUT2D eigenvalue weighted by atomic mass is 16.5. The summed E-state index contributed by atoms with van der Waals surface area (Å²) < 4.78 is 10.4. The maximum atomic E-state index is 11.7. The van der Waals surface area contributed by atoms with E-state index in [1.54, 1.807) is 14.2 Å². The Labute approximate surface area is 111 Å². The van der Waals surface area contributed by atoms with Crippen LogP contribution in [0.25, 0.3) is 0 Å². The van der Waals surface area contributed by atoms with Crippen LogP contribution in [0.1, 0.15) is 18.4 Å².